The second kappa shape index (κ2) is 8.17. The highest BCUT2D eigenvalue weighted by Gasteiger charge is 2.14. The summed E-state index contributed by atoms with van der Waals surface area (Å²) in [5.74, 6) is -1.43. The molecule has 1 atom stereocenters. The molecule has 1 aromatic rings. The summed E-state index contributed by atoms with van der Waals surface area (Å²) in [7, 11) is 0. The lowest BCUT2D eigenvalue weighted by Crippen LogP contribution is -2.20. The van der Waals surface area contributed by atoms with E-state index in [0.717, 1.165) is 6.54 Å². The van der Waals surface area contributed by atoms with Gasteiger partial charge in [0, 0.05) is 6.54 Å². The maximum absolute atomic E-state index is 13.8. The van der Waals surface area contributed by atoms with E-state index in [1.54, 1.807) is 6.92 Å². The van der Waals surface area contributed by atoms with Gasteiger partial charge in [0.2, 0.25) is 0 Å². The van der Waals surface area contributed by atoms with Crippen LogP contribution < -0.4 is 10.1 Å². The molecule has 114 valence electrons. The van der Waals surface area contributed by atoms with Gasteiger partial charge in [-0.15, -0.1) is 0 Å². The monoisotopic (exact) mass is 287 g/mol. The first-order valence-electron chi connectivity index (χ1n) is 6.93. The minimum atomic E-state index is -0.741. The van der Waals surface area contributed by atoms with Gasteiger partial charge in [-0.1, -0.05) is 20.8 Å². The van der Waals surface area contributed by atoms with Gasteiger partial charge in [-0.3, -0.25) is 0 Å². The van der Waals surface area contributed by atoms with E-state index < -0.39 is 23.5 Å². The van der Waals surface area contributed by atoms with Crippen LogP contribution in [-0.2, 0) is 6.54 Å². The molecule has 0 aliphatic rings. The van der Waals surface area contributed by atoms with Crippen LogP contribution in [0.25, 0.3) is 0 Å². The molecule has 1 rings (SSSR count). The molecule has 0 radical (unpaired) electrons. The predicted octanol–water partition coefficient (Wildman–Crippen LogP) is 2.86. The number of ether oxygens (including phenoxy) is 1. The molecule has 20 heavy (non-hydrogen) atoms. The number of nitrogens with one attached hydrogen (secondary N) is 1. The molecule has 3 nitrogen and oxygen atoms in total. The van der Waals surface area contributed by atoms with Crippen LogP contribution in [0.15, 0.2) is 12.1 Å². The number of hydrogen-bond donors (Lipinski definition) is 2. The molecule has 0 heterocycles. The first-order chi connectivity index (χ1) is 9.43. The van der Waals surface area contributed by atoms with E-state index in [9.17, 15) is 13.9 Å². The summed E-state index contributed by atoms with van der Waals surface area (Å²) in [5, 5.41) is 12.5. The van der Waals surface area contributed by atoms with E-state index in [1.807, 2.05) is 0 Å². The fourth-order valence-corrected chi connectivity index (χ4v) is 1.65. The zero-order chi connectivity index (χ0) is 15.1. The van der Waals surface area contributed by atoms with E-state index >= 15 is 0 Å². The molecule has 1 aromatic carbocycles. The maximum Gasteiger partial charge on any atom is 0.190 e. The van der Waals surface area contributed by atoms with Crippen LogP contribution in [0.3, 0.4) is 0 Å². The summed E-state index contributed by atoms with van der Waals surface area (Å²) in [4.78, 5) is 0. The SMILES string of the molecule is CCC(O)COc1c(F)cc(CNCC(C)C)cc1F. The Kier molecular flexibility index (Phi) is 6.88. The molecule has 0 saturated carbocycles. The first kappa shape index (κ1) is 16.9. The van der Waals surface area contributed by atoms with Crippen molar-refractivity contribution in [2.75, 3.05) is 13.2 Å². The van der Waals surface area contributed by atoms with E-state index in [-0.39, 0.29) is 6.61 Å². The normalized spacial score (nSPS) is 12.8. The molecule has 0 aliphatic heterocycles. The van der Waals surface area contributed by atoms with Crippen LogP contribution >= 0.6 is 0 Å². The van der Waals surface area contributed by atoms with Gasteiger partial charge >= 0.3 is 0 Å². The summed E-state index contributed by atoms with van der Waals surface area (Å²) in [5.41, 5.74) is 0.532. The molecule has 0 saturated heterocycles. The standard InChI is InChI=1S/C15H23F2NO2/c1-4-12(19)9-20-15-13(16)5-11(6-14(15)17)8-18-7-10(2)3/h5-6,10,12,18-19H,4,7-9H2,1-3H3. The average molecular weight is 287 g/mol. The second-order valence-electron chi connectivity index (χ2n) is 5.29. The number of halogens is 2. The van der Waals surface area contributed by atoms with Crippen molar-refractivity contribution in [1.82, 2.24) is 5.32 Å². The van der Waals surface area contributed by atoms with Crippen molar-refractivity contribution in [2.45, 2.75) is 39.8 Å². The maximum atomic E-state index is 13.8. The van der Waals surface area contributed by atoms with Gasteiger partial charge in [0.1, 0.15) is 6.61 Å². The van der Waals surface area contributed by atoms with Crippen LogP contribution in [0, 0.1) is 17.6 Å². The first-order valence-corrected chi connectivity index (χ1v) is 6.93. The Hall–Kier alpha value is -1.20. The average Bonchev–Trinajstić information content (AvgIpc) is 2.37. The Morgan fingerprint density at radius 1 is 1.25 bits per heavy atom. The van der Waals surface area contributed by atoms with Crippen molar-refractivity contribution >= 4 is 0 Å². The van der Waals surface area contributed by atoms with E-state index in [4.69, 9.17) is 4.74 Å². The lowest BCUT2D eigenvalue weighted by atomic mass is 10.1. The van der Waals surface area contributed by atoms with Crippen LogP contribution in [0.5, 0.6) is 5.75 Å². The minimum absolute atomic E-state index is 0.116. The third-order valence-corrected chi connectivity index (χ3v) is 2.83. The molecular weight excluding hydrogens is 264 g/mol. The van der Waals surface area contributed by atoms with Crippen LogP contribution in [0.1, 0.15) is 32.8 Å². The summed E-state index contributed by atoms with van der Waals surface area (Å²) >= 11 is 0. The number of aliphatic hydroxyl groups is 1. The Morgan fingerprint density at radius 3 is 2.35 bits per heavy atom. The van der Waals surface area contributed by atoms with Gasteiger partial charge in [0.25, 0.3) is 0 Å². The van der Waals surface area contributed by atoms with Crippen molar-refractivity contribution in [2.24, 2.45) is 5.92 Å². The van der Waals surface area contributed by atoms with Crippen LogP contribution in [-0.4, -0.2) is 24.4 Å². The molecular formula is C15H23F2NO2. The lowest BCUT2D eigenvalue weighted by molar-refractivity contribution is 0.0994. The van der Waals surface area contributed by atoms with Gasteiger partial charge < -0.3 is 15.2 Å². The Balaban J connectivity index is 2.66. The topological polar surface area (TPSA) is 41.5 Å². The summed E-state index contributed by atoms with van der Waals surface area (Å²) < 4.78 is 32.6. The highest BCUT2D eigenvalue weighted by molar-refractivity contribution is 5.31. The third kappa shape index (κ3) is 5.43. The number of hydrogen-bond acceptors (Lipinski definition) is 3. The number of aliphatic hydroxyl groups excluding tert-OH is 1. The van der Waals surface area contributed by atoms with E-state index in [0.29, 0.717) is 24.4 Å². The smallest absolute Gasteiger partial charge is 0.190 e. The largest absolute Gasteiger partial charge is 0.485 e. The fraction of sp³-hybridized carbons (Fsp3) is 0.600. The molecule has 2 N–H and O–H groups in total. The number of benzene rings is 1. The second-order valence-corrected chi connectivity index (χ2v) is 5.29. The molecule has 0 spiro atoms. The van der Waals surface area contributed by atoms with Crippen molar-refractivity contribution in [3.63, 3.8) is 0 Å². The van der Waals surface area contributed by atoms with Gasteiger partial charge in [-0.2, -0.15) is 0 Å². The van der Waals surface area contributed by atoms with Crippen molar-refractivity contribution in [3.8, 4) is 5.75 Å². The van der Waals surface area contributed by atoms with Crippen LogP contribution in [0.2, 0.25) is 0 Å². The van der Waals surface area contributed by atoms with Crippen LogP contribution in [0.4, 0.5) is 8.78 Å². The third-order valence-electron chi connectivity index (χ3n) is 2.83. The molecule has 0 amide bonds. The lowest BCUT2D eigenvalue weighted by Gasteiger charge is -2.13. The molecule has 0 aliphatic carbocycles. The quantitative estimate of drug-likeness (QED) is 0.772. The van der Waals surface area contributed by atoms with Gasteiger partial charge in [0.15, 0.2) is 17.4 Å². The predicted molar refractivity (Wildman–Crippen MR) is 74.7 cm³/mol. The van der Waals surface area contributed by atoms with Crippen molar-refractivity contribution in [1.29, 1.82) is 0 Å². The Morgan fingerprint density at radius 2 is 1.85 bits per heavy atom. The zero-order valence-corrected chi connectivity index (χ0v) is 12.2. The molecule has 0 fully saturated rings. The van der Waals surface area contributed by atoms with Gasteiger partial charge in [0.05, 0.1) is 6.10 Å². The summed E-state index contributed by atoms with van der Waals surface area (Å²) in [6.07, 6.45) is -0.248. The van der Waals surface area contributed by atoms with Gasteiger partial charge in [-0.05, 0) is 36.6 Å². The zero-order valence-electron chi connectivity index (χ0n) is 12.2. The Bertz CT molecular complexity index is 401. The van der Waals surface area contributed by atoms with E-state index in [1.165, 1.54) is 12.1 Å². The molecule has 0 bridgehead atoms. The van der Waals surface area contributed by atoms with Gasteiger partial charge in [-0.25, -0.2) is 8.78 Å². The summed E-state index contributed by atoms with van der Waals surface area (Å²) in [6.45, 7) is 6.96. The number of rotatable bonds is 8. The molecule has 5 heteroatoms. The molecule has 1 unspecified atom stereocenters. The van der Waals surface area contributed by atoms with Crippen molar-refractivity contribution in [3.05, 3.63) is 29.3 Å². The van der Waals surface area contributed by atoms with Crippen molar-refractivity contribution < 1.29 is 18.6 Å². The highest BCUT2D eigenvalue weighted by Crippen LogP contribution is 2.23. The van der Waals surface area contributed by atoms with E-state index in [2.05, 4.69) is 19.2 Å². The Labute approximate surface area is 119 Å². The fourth-order valence-electron chi connectivity index (χ4n) is 1.65. The minimum Gasteiger partial charge on any atom is -0.485 e. The highest BCUT2D eigenvalue weighted by atomic mass is 19.1. The summed E-state index contributed by atoms with van der Waals surface area (Å²) in [6, 6.07) is 2.51. The molecule has 0 aromatic heterocycles.